The van der Waals surface area contributed by atoms with E-state index in [0.717, 1.165) is 4.47 Å². The summed E-state index contributed by atoms with van der Waals surface area (Å²) in [4.78, 5) is 0. The van der Waals surface area contributed by atoms with Crippen molar-refractivity contribution in [3.8, 4) is 6.07 Å². The van der Waals surface area contributed by atoms with E-state index in [9.17, 15) is 4.39 Å². The third-order valence-electron chi connectivity index (χ3n) is 2.32. The average molecular weight is 326 g/mol. The van der Waals surface area contributed by atoms with Gasteiger partial charge in [-0.15, -0.1) is 0 Å². The van der Waals surface area contributed by atoms with Gasteiger partial charge in [-0.05, 0) is 46.3 Å². The molecule has 0 spiro atoms. The zero-order valence-electron chi connectivity index (χ0n) is 9.05. The normalized spacial score (nSPS) is 9.89. The molecule has 90 valence electrons. The summed E-state index contributed by atoms with van der Waals surface area (Å²) in [5, 5.41) is 12.5. The monoisotopic (exact) mass is 324 g/mol. The van der Waals surface area contributed by atoms with Gasteiger partial charge in [0.2, 0.25) is 0 Å². The number of rotatable bonds is 2. The van der Waals surface area contributed by atoms with Gasteiger partial charge in [-0.25, -0.2) is 4.39 Å². The molecule has 0 aromatic heterocycles. The van der Waals surface area contributed by atoms with Crippen LogP contribution in [-0.4, -0.2) is 0 Å². The number of benzene rings is 2. The Hall–Kier alpha value is -1.57. The summed E-state index contributed by atoms with van der Waals surface area (Å²) in [5.74, 6) is -0.555. The Morgan fingerprint density at radius 2 is 2.00 bits per heavy atom. The summed E-state index contributed by atoms with van der Waals surface area (Å²) in [5.41, 5.74) is 1.05. The van der Waals surface area contributed by atoms with Crippen LogP contribution in [0.4, 0.5) is 15.8 Å². The topological polar surface area (TPSA) is 35.8 Å². The van der Waals surface area contributed by atoms with E-state index in [1.165, 1.54) is 12.1 Å². The van der Waals surface area contributed by atoms with Crippen LogP contribution in [0.25, 0.3) is 0 Å². The lowest BCUT2D eigenvalue weighted by Crippen LogP contribution is -1.96. The highest BCUT2D eigenvalue weighted by molar-refractivity contribution is 9.10. The van der Waals surface area contributed by atoms with Crippen LogP contribution in [0.15, 0.2) is 40.9 Å². The third-order valence-corrected chi connectivity index (χ3v) is 3.25. The van der Waals surface area contributed by atoms with Crippen molar-refractivity contribution in [3.05, 3.63) is 57.3 Å². The second kappa shape index (κ2) is 5.38. The molecular weight excluding hydrogens is 319 g/mol. The molecule has 0 saturated carbocycles. The van der Waals surface area contributed by atoms with Crippen molar-refractivity contribution in [2.24, 2.45) is 0 Å². The standard InChI is InChI=1S/C13H7BrClFN2/c14-10-5-4-8(15)6-13(10)18-12-3-1-2-11(16)9(12)7-17/h1-6,18H. The van der Waals surface area contributed by atoms with E-state index in [1.807, 2.05) is 6.07 Å². The van der Waals surface area contributed by atoms with Crippen LogP contribution >= 0.6 is 27.5 Å². The maximum absolute atomic E-state index is 13.4. The summed E-state index contributed by atoms with van der Waals surface area (Å²) < 4.78 is 14.2. The quantitative estimate of drug-likeness (QED) is 0.856. The molecule has 0 aliphatic rings. The molecule has 2 aromatic rings. The molecule has 1 N–H and O–H groups in total. The Labute approximate surface area is 117 Å². The molecule has 0 amide bonds. The molecule has 0 atom stereocenters. The Morgan fingerprint density at radius 3 is 2.72 bits per heavy atom. The molecule has 2 rings (SSSR count). The van der Waals surface area contributed by atoms with Crippen molar-refractivity contribution in [3.63, 3.8) is 0 Å². The minimum atomic E-state index is -0.555. The second-order valence-electron chi connectivity index (χ2n) is 3.52. The first kappa shape index (κ1) is 12.9. The molecule has 5 heteroatoms. The predicted molar refractivity (Wildman–Crippen MR) is 73.5 cm³/mol. The highest BCUT2D eigenvalue weighted by atomic mass is 79.9. The fourth-order valence-electron chi connectivity index (χ4n) is 1.48. The van der Waals surface area contributed by atoms with Crippen molar-refractivity contribution < 1.29 is 4.39 Å². The predicted octanol–water partition coefficient (Wildman–Crippen LogP) is 4.86. The highest BCUT2D eigenvalue weighted by Crippen LogP contribution is 2.30. The van der Waals surface area contributed by atoms with Gasteiger partial charge in [-0.3, -0.25) is 0 Å². The van der Waals surface area contributed by atoms with Gasteiger partial charge in [-0.2, -0.15) is 5.26 Å². The molecule has 0 fully saturated rings. The maximum Gasteiger partial charge on any atom is 0.143 e. The summed E-state index contributed by atoms with van der Waals surface area (Å²) in [6.45, 7) is 0. The second-order valence-corrected chi connectivity index (χ2v) is 4.81. The highest BCUT2D eigenvalue weighted by Gasteiger charge is 2.09. The van der Waals surface area contributed by atoms with E-state index in [-0.39, 0.29) is 5.56 Å². The van der Waals surface area contributed by atoms with Crippen LogP contribution in [0.1, 0.15) is 5.56 Å². The molecule has 0 bridgehead atoms. The van der Waals surface area contributed by atoms with Crippen LogP contribution in [0, 0.1) is 17.1 Å². The van der Waals surface area contributed by atoms with Crippen molar-refractivity contribution in [2.45, 2.75) is 0 Å². The first-order chi connectivity index (χ1) is 8.61. The fraction of sp³-hybridized carbons (Fsp3) is 0. The minimum Gasteiger partial charge on any atom is -0.353 e. The van der Waals surface area contributed by atoms with E-state index in [1.54, 1.807) is 24.3 Å². The number of hydrogen-bond donors (Lipinski definition) is 1. The van der Waals surface area contributed by atoms with Gasteiger partial charge in [0.1, 0.15) is 17.4 Å². The molecule has 0 radical (unpaired) electrons. The molecule has 18 heavy (non-hydrogen) atoms. The van der Waals surface area contributed by atoms with E-state index >= 15 is 0 Å². The van der Waals surface area contributed by atoms with Gasteiger partial charge in [0.25, 0.3) is 0 Å². The Bertz CT molecular complexity index is 637. The van der Waals surface area contributed by atoms with E-state index in [2.05, 4.69) is 21.2 Å². The van der Waals surface area contributed by atoms with Crippen LogP contribution in [0.5, 0.6) is 0 Å². The third kappa shape index (κ3) is 2.63. The van der Waals surface area contributed by atoms with E-state index in [0.29, 0.717) is 16.4 Å². The summed E-state index contributed by atoms with van der Waals surface area (Å²) >= 11 is 9.24. The zero-order valence-corrected chi connectivity index (χ0v) is 11.4. The summed E-state index contributed by atoms with van der Waals surface area (Å²) in [7, 11) is 0. The number of hydrogen-bond acceptors (Lipinski definition) is 2. The van der Waals surface area contributed by atoms with Gasteiger partial charge < -0.3 is 5.32 Å². The lowest BCUT2D eigenvalue weighted by molar-refractivity contribution is 0.624. The van der Waals surface area contributed by atoms with Crippen LogP contribution < -0.4 is 5.32 Å². The fourth-order valence-corrected chi connectivity index (χ4v) is 2.00. The van der Waals surface area contributed by atoms with Gasteiger partial charge in [-0.1, -0.05) is 17.7 Å². The maximum atomic E-state index is 13.4. The average Bonchev–Trinajstić information content (AvgIpc) is 2.34. The van der Waals surface area contributed by atoms with Crippen LogP contribution in [0.3, 0.4) is 0 Å². The van der Waals surface area contributed by atoms with Crippen molar-refractivity contribution >= 4 is 38.9 Å². The van der Waals surface area contributed by atoms with Crippen LogP contribution in [0.2, 0.25) is 5.02 Å². The molecule has 0 unspecified atom stereocenters. The zero-order chi connectivity index (χ0) is 13.1. The molecule has 0 heterocycles. The molecule has 2 nitrogen and oxygen atoms in total. The lowest BCUT2D eigenvalue weighted by Gasteiger charge is -2.10. The van der Waals surface area contributed by atoms with Gasteiger partial charge in [0.15, 0.2) is 0 Å². The molecule has 0 aliphatic heterocycles. The first-order valence-corrected chi connectivity index (χ1v) is 6.19. The van der Waals surface area contributed by atoms with Crippen LogP contribution in [-0.2, 0) is 0 Å². The molecule has 0 saturated heterocycles. The Kier molecular flexibility index (Phi) is 3.85. The summed E-state index contributed by atoms with van der Waals surface area (Å²) in [6.07, 6.45) is 0. The Morgan fingerprint density at radius 1 is 1.22 bits per heavy atom. The minimum absolute atomic E-state index is 0.0237. The SMILES string of the molecule is N#Cc1c(F)cccc1Nc1cc(Cl)ccc1Br. The largest absolute Gasteiger partial charge is 0.353 e. The van der Waals surface area contributed by atoms with E-state index < -0.39 is 5.82 Å². The van der Waals surface area contributed by atoms with Gasteiger partial charge in [0, 0.05) is 9.50 Å². The molecule has 2 aromatic carbocycles. The summed E-state index contributed by atoms with van der Waals surface area (Å²) in [6, 6.07) is 11.4. The van der Waals surface area contributed by atoms with Gasteiger partial charge >= 0.3 is 0 Å². The number of anilines is 2. The van der Waals surface area contributed by atoms with Gasteiger partial charge in [0.05, 0.1) is 11.4 Å². The number of nitrogens with zero attached hydrogens (tertiary/aromatic N) is 1. The number of nitriles is 1. The smallest absolute Gasteiger partial charge is 0.143 e. The lowest BCUT2D eigenvalue weighted by atomic mass is 10.1. The Balaban J connectivity index is 2.44. The van der Waals surface area contributed by atoms with Crippen molar-refractivity contribution in [1.29, 1.82) is 5.26 Å². The molecule has 0 aliphatic carbocycles. The number of halogens is 3. The van der Waals surface area contributed by atoms with E-state index in [4.69, 9.17) is 16.9 Å². The first-order valence-electron chi connectivity index (χ1n) is 5.02. The number of nitrogens with one attached hydrogen (secondary N) is 1. The molecular formula is C13H7BrClFN2. The van der Waals surface area contributed by atoms with Crippen molar-refractivity contribution in [2.75, 3.05) is 5.32 Å². The van der Waals surface area contributed by atoms with Crippen molar-refractivity contribution in [1.82, 2.24) is 0 Å².